The number of carbonyl (C=O) groups is 1. The third kappa shape index (κ3) is 2.23. The molecule has 1 atom stereocenters. The quantitative estimate of drug-likeness (QED) is 0.723. The summed E-state index contributed by atoms with van der Waals surface area (Å²) in [6.45, 7) is 2.79. The zero-order valence-corrected chi connectivity index (χ0v) is 10.6. The molecule has 2 heterocycles. The van der Waals surface area contributed by atoms with E-state index in [9.17, 15) is 9.59 Å². The Morgan fingerprint density at radius 2 is 2.39 bits per heavy atom. The van der Waals surface area contributed by atoms with Gasteiger partial charge in [0, 0.05) is 26.0 Å². The van der Waals surface area contributed by atoms with E-state index in [1.165, 1.54) is 4.57 Å². The molecule has 6 nitrogen and oxygen atoms in total. The normalized spacial score (nSPS) is 19.0. The summed E-state index contributed by atoms with van der Waals surface area (Å²) in [6, 6.07) is -0.382. The van der Waals surface area contributed by atoms with Gasteiger partial charge < -0.3 is 14.2 Å². The van der Waals surface area contributed by atoms with E-state index >= 15 is 0 Å². The molecular weight excluding hydrogens is 234 g/mol. The van der Waals surface area contributed by atoms with Crippen molar-refractivity contribution in [2.24, 2.45) is 7.05 Å². The van der Waals surface area contributed by atoms with E-state index in [1.54, 1.807) is 31.3 Å². The van der Waals surface area contributed by atoms with Gasteiger partial charge in [0.2, 0.25) is 0 Å². The average Bonchev–Trinajstić information content (AvgIpc) is 2.82. The molecule has 1 aromatic rings. The van der Waals surface area contributed by atoms with Crippen LogP contribution < -0.4 is 10.5 Å². The van der Waals surface area contributed by atoms with E-state index in [0.717, 1.165) is 6.42 Å². The minimum Gasteiger partial charge on any atom is -0.464 e. The summed E-state index contributed by atoms with van der Waals surface area (Å²) in [5.74, 6) is 0.0539. The number of hydrogen-bond donors (Lipinski definition) is 0. The molecule has 1 aliphatic heterocycles. The summed E-state index contributed by atoms with van der Waals surface area (Å²) >= 11 is 0. The summed E-state index contributed by atoms with van der Waals surface area (Å²) in [5, 5.41) is 0. The summed E-state index contributed by atoms with van der Waals surface area (Å²) < 4.78 is 6.49. The fourth-order valence-electron chi connectivity index (χ4n) is 2.19. The van der Waals surface area contributed by atoms with Gasteiger partial charge in [0.25, 0.3) is 5.56 Å². The fraction of sp³-hybridized carbons (Fsp3) is 0.583. The number of aryl methyl sites for hydroxylation is 1. The van der Waals surface area contributed by atoms with Crippen LogP contribution in [0.4, 0.5) is 5.82 Å². The highest BCUT2D eigenvalue weighted by molar-refractivity contribution is 5.80. The molecule has 0 amide bonds. The molecule has 1 aromatic heterocycles. The third-order valence-corrected chi connectivity index (χ3v) is 3.08. The Balaban J connectivity index is 2.29. The van der Waals surface area contributed by atoms with Gasteiger partial charge in [-0.3, -0.25) is 4.79 Å². The smallest absolute Gasteiger partial charge is 0.328 e. The first-order valence-corrected chi connectivity index (χ1v) is 6.10. The lowest BCUT2D eigenvalue weighted by Gasteiger charge is -2.23. The molecule has 0 bridgehead atoms. The lowest BCUT2D eigenvalue weighted by atomic mass is 10.2. The topological polar surface area (TPSA) is 64.4 Å². The van der Waals surface area contributed by atoms with Crippen molar-refractivity contribution >= 4 is 11.8 Å². The van der Waals surface area contributed by atoms with Crippen LogP contribution in [0.5, 0.6) is 0 Å². The van der Waals surface area contributed by atoms with E-state index < -0.39 is 0 Å². The first kappa shape index (κ1) is 12.6. The van der Waals surface area contributed by atoms with Crippen LogP contribution >= 0.6 is 0 Å². The molecule has 1 aliphatic rings. The number of aromatic nitrogens is 2. The molecule has 0 N–H and O–H groups in total. The highest BCUT2D eigenvalue weighted by atomic mass is 16.5. The number of esters is 1. The van der Waals surface area contributed by atoms with Gasteiger partial charge in [0.1, 0.15) is 6.04 Å². The SMILES string of the molecule is CCOC(=O)C1CCCN1c1nccn(C)c1=O. The molecule has 0 spiro atoms. The first-order valence-electron chi connectivity index (χ1n) is 6.10. The Bertz CT molecular complexity index is 498. The molecule has 0 radical (unpaired) electrons. The maximum absolute atomic E-state index is 12.0. The second-order valence-electron chi connectivity index (χ2n) is 4.27. The van der Waals surface area contributed by atoms with Crippen molar-refractivity contribution in [1.82, 2.24) is 9.55 Å². The predicted octanol–water partition coefficient (Wildman–Crippen LogP) is 0.312. The van der Waals surface area contributed by atoms with Gasteiger partial charge in [-0.1, -0.05) is 0 Å². The first-order chi connectivity index (χ1) is 8.65. The average molecular weight is 251 g/mol. The van der Waals surface area contributed by atoms with Crippen LogP contribution in [0.1, 0.15) is 19.8 Å². The van der Waals surface area contributed by atoms with Gasteiger partial charge >= 0.3 is 5.97 Å². The Hall–Kier alpha value is -1.85. The van der Waals surface area contributed by atoms with Crippen molar-refractivity contribution in [3.63, 3.8) is 0 Å². The van der Waals surface area contributed by atoms with Crippen molar-refractivity contribution in [2.75, 3.05) is 18.1 Å². The molecule has 2 rings (SSSR count). The van der Waals surface area contributed by atoms with Crippen molar-refractivity contribution in [1.29, 1.82) is 0 Å². The molecule has 98 valence electrons. The van der Waals surface area contributed by atoms with Gasteiger partial charge in [-0.15, -0.1) is 0 Å². The Labute approximate surface area is 105 Å². The van der Waals surface area contributed by atoms with Crippen molar-refractivity contribution in [3.05, 3.63) is 22.7 Å². The molecule has 0 saturated carbocycles. The van der Waals surface area contributed by atoms with Crippen molar-refractivity contribution in [2.45, 2.75) is 25.8 Å². The van der Waals surface area contributed by atoms with Gasteiger partial charge in [-0.25, -0.2) is 9.78 Å². The second-order valence-corrected chi connectivity index (χ2v) is 4.27. The van der Waals surface area contributed by atoms with Gasteiger partial charge in [0.15, 0.2) is 5.82 Å². The van der Waals surface area contributed by atoms with Crippen LogP contribution in [0.25, 0.3) is 0 Å². The number of carbonyl (C=O) groups excluding carboxylic acids is 1. The van der Waals surface area contributed by atoms with E-state index in [1.807, 2.05) is 0 Å². The van der Waals surface area contributed by atoms with Crippen LogP contribution in [-0.2, 0) is 16.6 Å². The molecule has 6 heteroatoms. The third-order valence-electron chi connectivity index (χ3n) is 3.08. The Morgan fingerprint density at radius 3 is 3.11 bits per heavy atom. The highest BCUT2D eigenvalue weighted by Crippen LogP contribution is 2.22. The van der Waals surface area contributed by atoms with Gasteiger partial charge in [-0.2, -0.15) is 0 Å². The van der Waals surface area contributed by atoms with Crippen molar-refractivity contribution < 1.29 is 9.53 Å². The summed E-state index contributed by atoms with van der Waals surface area (Å²) in [4.78, 5) is 29.7. The minimum absolute atomic E-state index is 0.186. The zero-order valence-electron chi connectivity index (χ0n) is 10.6. The predicted molar refractivity (Wildman–Crippen MR) is 66.5 cm³/mol. The largest absolute Gasteiger partial charge is 0.464 e. The number of rotatable bonds is 3. The van der Waals surface area contributed by atoms with E-state index in [-0.39, 0.29) is 17.6 Å². The molecule has 1 fully saturated rings. The summed E-state index contributed by atoms with van der Waals surface area (Å²) in [6.07, 6.45) is 4.74. The van der Waals surface area contributed by atoms with Crippen LogP contribution in [0, 0.1) is 0 Å². The fourth-order valence-corrected chi connectivity index (χ4v) is 2.19. The monoisotopic (exact) mass is 251 g/mol. The molecule has 0 aliphatic carbocycles. The van der Waals surface area contributed by atoms with Gasteiger partial charge in [-0.05, 0) is 19.8 Å². The molecule has 1 unspecified atom stereocenters. The number of anilines is 1. The molecule has 1 saturated heterocycles. The number of hydrogen-bond acceptors (Lipinski definition) is 5. The van der Waals surface area contributed by atoms with E-state index in [0.29, 0.717) is 25.4 Å². The second kappa shape index (κ2) is 5.20. The molecule has 18 heavy (non-hydrogen) atoms. The Morgan fingerprint density at radius 1 is 1.61 bits per heavy atom. The van der Waals surface area contributed by atoms with Crippen LogP contribution in [0.2, 0.25) is 0 Å². The Kier molecular flexibility index (Phi) is 3.64. The molecule has 0 aromatic carbocycles. The molecular formula is C12H17N3O3. The standard InChI is InChI=1S/C12H17N3O3/c1-3-18-12(17)9-5-4-7-15(9)10-11(16)14(2)8-6-13-10/h6,8-9H,3-5,7H2,1-2H3. The van der Waals surface area contributed by atoms with E-state index in [2.05, 4.69) is 4.98 Å². The lowest BCUT2D eigenvalue weighted by molar-refractivity contribution is -0.144. The van der Waals surface area contributed by atoms with Crippen LogP contribution in [0.15, 0.2) is 17.2 Å². The van der Waals surface area contributed by atoms with Gasteiger partial charge in [0.05, 0.1) is 6.61 Å². The number of ether oxygens (including phenoxy) is 1. The maximum Gasteiger partial charge on any atom is 0.328 e. The summed E-state index contributed by atoms with van der Waals surface area (Å²) in [5.41, 5.74) is -0.186. The maximum atomic E-state index is 12.0. The lowest BCUT2D eigenvalue weighted by Crippen LogP contribution is -2.41. The van der Waals surface area contributed by atoms with E-state index in [4.69, 9.17) is 4.74 Å². The van der Waals surface area contributed by atoms with Crippen molar-refractivity contribution in [3.8, 4) is 0 Å². The zero-order chi connectivity index (χ0) is 13.1. The van der Waals surface area contributed by atoms with Crippen LogP contribution in [-0.4, -0.2) is 34.7 Å². The van der Waals surface area contributed by atoms with Crippen LogP contribution in [0.3, 0.4) is 0 Å². The minimum atomic E-state index is -0.382. The highest BCUT2D eigenvalue weighted by Gasteiger charge is 2.34. The summed E-state index contributed by atoms with van der Waals surface area (Å²) in [7, 11) is 1.67. The number of nitrogens with zero attached hydrogens (tertiary/aromatic N) is 3.